The van der Waals surface area contributed by atoms with E-state index in [0.29, 0.717) is 19.1 Å². The van der Waals surface area contributed by atoms with Crippen LogP contribution in [0.2, 0.25) is 0 Å². The lowest BCUT2D eigenvalue weighted by molar-refractivity contribution is -0.129. The van der Waals surface area contributed by atoms with Gasteiger partial charge in [-0.2, -0.15) is 0 Å². The van der Waals surface area contributed by atoms with E-state index in [0.717, 1.165) is 22.6 Å². The van der Waals surface area contributed by atoms with Crippen molar-refractivity contribution >= 4 is 17.9 Å². The molecule has 5 heteroatoms. The topological polar surface area (TPSA) is 57.1 Å². The minimum absolute atomic E-state index is 0.273. The molecule has 0 amide bonds. The number of benzene rings is 3. The molecular formula is C26H23NO4. The normalized spacial score (nSPS) is 14.3. The molecule has 5 nitrogen and oxygen atoms in total. The minimum atomic E-state index is -0.456. The molecule has 3 aromatic rings. The minimum Gasteiger partial charge on any atom is -0.490 e. The molecule has 4 rings (SSSR count). The molecule has 1 heterocycles. The van der Waals surface area contributed by atoms with Crippen LogP contribution in [0.5, 0.6) is 11.5 Å². The molecule has 156 valence electrons. The van der Waals surface area contributed by atoms with Gasteiger partial charge in [0.25, 0.3) is 0 Å². The molecule has 0 N–H and O–H groups in total. The summed E-state index contributed by atoms with van der Waals surface area (Å²) < 4.78 is 16.8. The Hall–Kier alpha value is -3.86. The van der Waals surface area contributed by atoms with Crippen LogP contribution in [-0.2, 0) is 9.53 Å². The summed E-state index contributed by atoms with van der Waals surface area (Å²) in [5, 5.41) is 0. The van der Waals surface area contributed by atoms with Gasteiger partial charge in [-0.05, 0) is 73.0 Å². The van der Waals surface area contributed by atoms with E-state index in [1.165, 1.54) is 11.1 Å². The number of esters is 1. The maximum atomic E-state index is 12.1. The summed E-state index contributed by atoms with van der Waals surface area (Å²) in [6, 6.07) is 22.9. The molecule has 31 heavy (non-hydrogen) atoms. The Labute approximate surface area is 181 Å². The van der Waals surface area contributed by atoms with Gasteiger partial charge in [0, 0.05) is 5.56 Å². The third-order valence-corrected chi connectivity index (χ3v) is 4.64. The maximum absolute atomic E-state index is 12.1. The number of carbonyl (C=O) groups is 1. The van der Waals surface area contributed by atoms with Gasteiger partial charge in [0.2, 0.25) is 5.90 Å². The molecular weight excluding hydrogens is 390 g/mol. The van der Waals surface area contributed by atoms with Crippen LogP contribution in [-0.4, -0.2) is 25.1 Å². The quantitative estimate of drug-likeness (QED) is 0.307. The fraction of sp³-hybridized carbons (Fsp3) is 0.154. The predicted octanol–water partition coefficient (Wildman–Crippen LogP) is 5.11. The molecule has 1 aliphatic rings. The lowest BCUT2D eigenvalue weighted by atomic mass is 10.1. The number of hydrogen-bond donors (Lipinski definition) is 0. The number of rotatable bonds is 7. The molecule has 0 spiro atoms. The molecule has 1 aliphatic heterocycles. The third-order valence-electron chi connectivity index (χ3n) is 4.64. The first-order valence-electron chi connectivity index (χ1n) is 10.1. The van der Waals surface area contributed by atoms with E-state index < -0.39 is 5.97 Å². The Bertz CT molecular complexity index is 1110. The van der Waals surface area contributed by atoms with E-state index in [4.69, 9.17) is 14.2 Å². The van der Waals surface area contributed by atoms with E-state index in [9.17, 15) is 4.79 Å². The van der Waals surface area contributed by atoms with Gasteiger partial charge < -0.3 is 14.2 Å². The first-order chi connectivity index (χ1) is 15.1. The molecule has 0 aliphatic carbocycles. The lowest BCUT2D eigenvalue weighted by Crippen LogP contribution is -2.09. The van der Waals surface area contributed by atoms with Crippen molar-refractivity contribution in [1.82, 2.24) is 0 Å². The molecule has 0 saturated heterocycles. The summed E-state index contributed by atoms with van der Waals surface area (Å²) >= 11 is 0. The first-order valence-corrected chi connectivity index (χ1v) is 10.1. The van der Waals surface area contributed by atoms with Crippen LogP contribution >= 0.6 is 0 Å². The lowest BCUT2D eigenvalue weighted by Gasteiger charge is -2.10. The highest BCUT2D eigenvalue weighted by Gasteiger charge is 2.23. The Morgan fingerprint density at radius 1 is 0.839 bits per heavy atom. The van der Waals surface area contributed by atoms with Gasteiger partial charge in [-0.1, -0.05) is 36.4 Å². The van der Waals surface area contributed by atoms with Gasteiger partial charge in [-0.15, -0.1) is 0 Å². The summed E-state index contributed by atoms with van der Waals surface area (Å²) in [7, 11) is 0. The van der Waals surface area contributed by atoms with Crippen LogP contribution in [0.25, 0.3) is 6.08 Å². The zero-order chi connectivity index (χ0) is 21.6. The highest BCUT2D eigenvalue weighted by Crippen LogP contribution is 2.21. The number of cyclic esters (lactones) is 1. The monoisotopic (exact) mass is 413 g/mol. The predicted molar refractivity (Wildman–Crippen MR) is 120 cm³/mol. The number of aryl methyl sites for hydroxylation is 2. The van der Waals surface area contributed by atoms with Crippen molar-refractivity contribution in [2.45, 2.75) is 13.8 Å². The van der Waals surface area contributed by atoms with E-state index in [2.05, 4.69) is 11.1 Å². The van der Waals surface area contributed by atoms with Crippen molar-refractivity contribution in [1.29, 1.82) is 0 Å². The largest absolute Gasteiger partial charge is 0.490 e. The van der Waals surface area contributed by atoms with E-state index in [1.807, 2.05) is 80.6 Å². The number of nitrogens with zero attached hydrogens (tertiary/aromatic N) is 1. The van der Waals surface area contributed by atoms with Gasteiger partial charge in [-0.25, -0.2) is 9.79 Å². The molecule has 0 radical (unpaired) electrons. The van der Waals surface area contributed by atoms with Crippen molar-refractivity contribution in [3.8, 4) is 11.5 Å². The number of hydrogen-bond acceptors (Lipinski definition) is 5. The van der Waals surface area contributed by atoms with Crippen LogP contribution in [0.3, 0.4) is 0 Å². The molecule has 0 bridgehead atoms. The fourth-order valence-electron chi connectivity index (χ4n) is 3.27. The second kappa shape index (κ2) is 9.30. The van der Waals surface area contributed by atoms with Crippen molar-refractivity contribution in [2.75, 3.05) is 13.2 Å². The Kier molecular flexibility index (Phi) is 6.13. The molecule has 0 aromatic heterocycles. The summed E-state index contributed by atoms with van der Waals surface area (Å²) in [6.07, 6.45) is 1.70. The van der Waals surface area contributed by atoms with Crippen molar-refractivity contribution < 1.29 is 19.0 Å². The van der Waals surface area contributed by atoms with Gasteiger partial charge in [0.15, 0.2) is 5.70 Å². The third kappa shape index (κ3) is 5.39. The van der Waals surface area contributed by atoms with Crippen molar-refractivity contribution in [2.24, 2.45) is 4.99 Å². The van der Waals surface area contributed by atoms with Crippen LogP contribution in [0.4, 0.5) is 0 Å². The molecule has 0 unspecified atom stereocenters. The highest BCUT2D eigenvalue weighted by atomic mass is 16.6. The first kappa shape index (κ1) is 20.4. The van der Waals surface area contributed by atoms with E-state index >= 15 is 0 Å². The van der Waals surface area contributed by atoms with Crippen molar-refractivity contribution in [3.63, 3.8) is 0 Å². The zero-order valence-electron chi connectivity index (χ0n) is 17.5. The van der Waals surface area contributed by atoms with Gasteiger partial charge in [0.1, 0.15) is 24.7 Å². The summed E-state index contributed by atoms with van der Waals surface area (Å²) in [5.74, 6) is 1.44. The smallest absolute Gasteiger partial charge is 0.363 e. The Morgan fingerprint density at radius 3 is 2.16 bits per heavy atom. The van der Waals surface area contributed by atoms with Gasteiger partial charge >= 0.3 is 5.97 Å². The second-order valence-corrected chi connectivity index (χ2v) is 7.29. The Morgan fingerprint density at radius 2 is 1.48 bits per heavy atom. The summed E-state index contributed by atoms with van der Waals surface area (Å²) in [5.41, 5.74) is 4.23. The van der Waals surface area contributed by atoms with Crippen LogP contribution in [0.1, 0.15) is 22.3 Å². The molecule has 0 atom stereocenters. The van der Waals surface area contributed by atoms with Gasteiger partial charge in [0.05, 0.1) is 0 Å². The van der Waals surface area contributed by atoms with E-state index in [1.54, 1.807) is 6.08 Å². The maximum Gasteiger partial charge on any atom is 0.363 e. The molecule has 0 fully saturated rings. The summed E-state index contributed by atoms with van der Waals surface area (Å²) in [6.45, 7) is 4.99. The van der Waals surface area contributed by atoms with Crippen molar-refractivity contribution in [3.05, 3.63) is 101 Å². The number of aliphatic imine (C=N–C) groups is 1. The van der Waals surface area contributed by atoms with Gasteiger partial charge in [-0.3, -0.25) is 0 Å². The number of carbonyl (C=O) groups excluding carboxylic acids is 1. The Balaban J connectivity index is 1.33. The second-order valence-electron chi connectivity index (χ2n) is 7.29. The van der Waals surface area contributed by atoms with Crippen LogP contribution < -0.4 is 9.47 Å². The van der Waals surface area contributed by atoms with E-state index in [-0.39, 0.29) is 5.70 Å². The number of ether oxygens (including phenoxy) is 3. The highest BCUT2D eigenvalue weighted by molar-refractivity contribution is 6.12. The SMILES string of the molecule is Cc1cc(C)cc(OCCOc2ccc(/C=C3/N=C(c4ccccc4)OC3=O)cc2)c1. The average molecular weight is 413 g/mol. The molecule has 0 saturated carbocycles. The van der Waals surface area contributed by atoms with Crippen LogP contribution in [0, 0.1) is 13.8 Å². The summed E-state index contributed by atoms with van der Waals surface area (Å²) in [4.78, 5) is 16.4. The standard InChI is InChI=1S/C26H23NO4/c1-18-14-19(2)16-23(15-18)30-13-12-29-22-10-8-20(9-11-22)17-24-26(28)31-25(27-24)21-6-4-3-5-7-21/h3-11,14-17H,12-13H2,1-2H3/b24-17+. The molecule has 3 aromatic carbocycles. The fourth-order valence-corrected chi connectivity index (χ4v) is 3.27. The average Bonchev–Trinajstić information content (AvgIpc) is 3.13. The zero-order valence-corrected chi connectivity index (χ0v) is 17.5. The van der Waals surface area contributed by atoms with Crippen LogP contribution in [0.15, 0.2) is 83.5 Å².